The molecule has 0 aliphatic carbocycles. The minimum absolute atomic E-state index is 0.137. The zero-order valence-corrected chi connectivity index (χ0v) is 13.6. The van der Waals surface area contributed by atoms with E-state index in [0.717, 1.165) is 0 Å². The standard InChI is InChI=1S/C16H10F4N2O3S/c17-10-7-12(26(21,23)24)11(18)6-9(10)13-14(8-4-2-1-3-5-8)22-25-15(13)16(19)20/h1-7,16H,(H2,21,23,24). The summed E-state index contributed by atoms with van der Waals surface area (Å²) in [7, 11) is -4.53. The first-order chi connectivity index (χ1) is 12.2. The number of primary sulfonamides is 1. The summed E-state index contributed by atoms with van der Waals surface area (Å²) in [6.07, 6.45) is -3.16. The van der Waals surface area contributed by atoms with E-state index in [9.17, 15) is 26.0 Å². The zero-order chi connectivity index (χ0) is 19.1. The molecule has 3 rings (SSSR count). The molecule has 26 heavy (non-hydrogen) atoms. The molecule has 1 heterocycles. The average Bonchev–Trinajstić information content (AvgIpc) is 3.01. The maximum absolute atomic E-state index is 14.5. The summed E-state index contributed by atoms with van der Waals surface area (Å²) in [5, 5.41) is 8.35. The van der Waals surface area contributed by atoms with Gasteiger partial charge < -0.3 is 4.52 Å². The lowest BCUT2D eigenvalue weighted by Gasteiger charge is -2.08. The van der Waals surface area contributed by atoms with E-state index in [-0.39, 0.29) is 5.69 Å². The second-order valence-corrected chi connectivity index (χ2v) is 6.77. The van der Waals surface area contributed by atoms with Crippen molar-refractivity contribution in [1.82, 2.24) is 5.16 Å². The van der Waals surface area contributed by atoms with Crippen LogP contribution in [-0.4, -0.2) is 13.6 Å². The van der Waals surface area contributed by atoms with Gasteiger partial charge in [-0.3, -0.25) is 0 Å². The second kappa shape index (κ2) is 6.54. The van der Waals surface area contributed by atoms with Gasteiger partial charge >= 0.3 is 0 Å². The van der Waals surface area contributed by atoms with Crippen LogP contribution in [-0.2, 0) is 10.0 Å². The van der Waals surface area contributed by atoms with Crippen molar-refractivity contribution >= 4 is 10.0 Å². The molecule has 1 aromatic heterocycles. The first-order valence-corrected chi connectivity index (χ1v) is 8.60. The van der Waals surface area contributed by atoms with Gasteiger partial charge in [-0.15, -0.1) is 0 Å². The maximum Gasteiger partial charge on any atom is 0.298 e. The van der Waals surface area contributed by atoms with Gasteiger partial charge in [0, 0.05) is 11.1 Å². The van der Waals surface area contributed by atoms with Crippen molar-refractivity contribution in [2.45, 2.75) is 11.3 Å². The van der Waals surface area contributed by atoms with E-state index in [0.29, 0.717) is 17.7 Å². The van der Waals surface area contributed by atoms with Crippen molar-refractivity contribution in [3.8, 4) is 22.4 Å². The van der Waals surface area contributed by atoms with E-state index in [4.69, 9.17) is 5.14 Å². The third kappa shape index (κ3) is 3.20. The lowest BCUT2D eigenvalue weighted by Crippen LogP contribution is -2.14. The molecule has 5 nitrogen and oxygen atoms in total. The van der Waals surface area contributed by atoms with Crippen LogP contribution in [0.3, 0.4) is 0 Å². The quantitative estimate of drug-likeness (QED) is 0.690. The van der Waals surface area contributed by atoms with E-state index >= 15 is 0 Å². The Labute approximate surface area is 145 Å². The van der Waals surface area contributed by atoms with E-state index in [1.54, 1.807) is 18.2 Å². The molecule has 10 heteroatoms. The fourth-order valence-corrected chi connectivity index (χ4v) is 3.04. The summed E-state index contributed by atoms with van der Waals surface area (Å²) in [5.41, 5.74) is -0.898. The van der Waals surface area contributed by atoms with Crippen molar-refractivity contribution in [2.24, 2.45) is 5.14 Å². The largest absolute Gasteiger partial charge is 0.354 e. The topological polar surface area (TPSA) is 86.2 Å². The predicted molar refractivity (Wildman–Crippen MR) is 83.6 cm³/mol. The van der Waals surface area contributed by atoms with Gasteiger partial charge in [0.15, 0.2) is 0 Å². The second-order valence-electron chi connectivity index (χ2n) is 5.24. The summed E-state index contributed by atoms with van der Waals surface area (Å²) in [6.45, 7) is 0. The number of aromatic nitrogens is 1. The number of rotatable bonds is 4. The van der Waals surface area contributed by atoms with Gasteiger partial charge in [0.1, 0.15) is 22.2 Å². The average molecular weight is 386 g/mol. The number of halogens is 4. The van der Waals surface area contributed by atoms with Crippen molar-refractivity contribution in [1.29, 1.82) is 0 Å². The summed E-state index contributed by atoms with van der Waals surface area (Å²) in [4.78, 5) is -1.09. The van der Waals surface area contributed by atoms with Crippen molar-refractivity contribution in [3.63, 3.8) is 0 Å². The van der Waals surface area contributed by atoms with Crippen molar-refractivity contribution < 1.29 is 30.5 Å². The molecule has 0 saturated carbocycles. The molecule has 0 fully saturated rings. The normalized spacial score (nSPS) is 11.9. The summed E-state index contributed by atoms with van der Waals surface area (Å²) in [6, 6.07) is 8.69. The molecule has 0 unspecified atom stereocenters. The summed E-state index contributed by atoms with van der Waals surface area (Å²) >= 11 is 0. The Morgan fingerprint density at radius 1 is 1.04 bits per heavy atom. The first-order valence-electron chi connectivity index (χ1n) is 7.05. The Balaban J connectivity index is 2.30. The fourth-order valence-electron chi connectivity index (χ4n) is 2.44. The SMILES string of the molecule is NS(=O)(=O)c1cc(F)c(-c2c(-c3ccccc3)noc2C(F)F)cc1F. The van der Waals surface area contributed by atoms with Crippen LogP contribution in [0.5, 0.6) is 0 Å². The van der Waals surface area contributed by atoms with E-state index in [2.05, 4.69) is 9.68 Å². The van der Waals surface area contributed by atoms with Gasteiger partial charge in [-0.05, 0) is 12.1 Å². The van der Waals surface area contributed by atoms with Gasteiger partial charge in [0.2, 0.25) is 15.8 Å². The van der Waals surface area contributed by atoms with Gasteiger partial charge in [0.05, 0.1) is 5.56 Å². The van der Waals surface area contributed by atoms with Crippen molar-refractivity contribution in [2.75, 3.05) is 0 Å². The van der Waals surface area contributed by atoms with Crippen LogP contribution in [0.4, 0.5) is 17.6 Å². The third-order valence-electron chi connectivity index (χ3n) is 3.56. The number of nitrogens with two attached hydrogens (primary N) is 1. The highest BCUT2D eigenvalue weighted by Crippen LogP contribution is 2.40. The molecule has 0 atom stereocenters. The predicted octanol–water partition coefficient (Wildman–Crippen LogP) is 3.87. The minimum Gasteiger partial charge on any atom is -0.354 e. The first kappa shape index (κ1) is 18.1. The van der Waals surface area contributed by atoms with Crippen LogP contribution < -0.4 is 5.14 Å². The van der Waals surface area contributed by atoms with Crippen LogP contribution >= 0.6 is 0 Å². The molecule has 136 valence electrons. The van der Waals surface area contributed by atoms with Crippen LogP contribution in [0, 0.1) is 11.6 Å². The van der Waals surface area contributed by atoms with Crippen LogP contribution in [0.2, 0.25) is 0 Å². The molecule has 2 aromatic carbocycles. The zero-order valence-electron chi connectivity index (χ0n) is 12.8. The molecule has 2 N–H and O–H groups in total. The number of hydrogen-bond donors (Lipinski definition) is 1. The molecule has 0 saturated heterocycles. The maximum atomic E-state index is 14.5. The summed E-state index contributed by atoms with van der Waals surface area (Å²) in [5.74, 6) is -3.62. The number of hydrogen-bond acceptors (Lipinski definition) is 4. The number of benzene rings is 2. The molecule has 0 aliphatic rings. The van der Waals surface area contributed by atoms with Crippen LogP contribution in [0.25, 0.3) is 22.4 Å². The Kier molecular flexibility index (Phi) is 4.55. The third-order valence-corrected chi connectivity index (χ3v) is 4.49. The molecule has 3 aromatic rings. The van der Waals surface area contributed by atoms with Gasteiger partial charge in [-0.25, -0.2) is 31.1 Å². The van der Waals surface area contributed by atoms with E-state index in [1.807, 2.05) is 0 Å². The lowest BCUT2D eigenvalue weighted by atomic mass is 9.98. The molecule has 0 aliphatic heterocycles. The Hall–Kier alpha value is -2.72. The Morgan fingerprint density at radius 2 is 1.69 bits per heavy atom. The van der Waals surface area contributed by atoms with Gasteiger partial charge in [-0.2, -0.15) is 0 Å². The number of alkyl halides is 2. The van der Waals surface area contributed by atoms with Gasteiger partial charge in [-0.1, -0.05) is 35.5 Å². The monoisotopic (exact) mass is 386 g/mol. The lowest BCUT2D eigenvalue weighted by molar-refractivity contribution is 0.113. The fraction of sp³-hybridized carbons (Fsp3) is 0.0625. The highest BCUT2D eigenvalue weighted by molar-refractivity contribution is 7.89. The minimum atomic E-state index is -4.53. The highest BCUT2D eigenvalue weighted by Gasteiger charge is 2.29. The molecular formula is C16H10F4N2O3S. The number of nitrogens with zero attached hydrogens (tertiary/aromatic N) is 1. The Morgan fingerprint density at radius 3 is 2.27 bits per heavy atom. The highest BCUT2D eigenvalue weighted by atomic mass is 32.2. The van der Waals surface area contributed by atoms with E-state index < -0.39 is 49.9 Å². The number of sulfonamides is 1. The molecule has 0 amide bonds. The van der Waals surface area contributed by atoms with E-state index in [1.165, 1.54) is 12.1 Å². The molecule has 0 spiro atoms. The van der Waals surface area contributed by atoms with Crippen molar-refractivity contribution in [3.05, 3.63) is 59.9 Å². The Bertz CT molecular complexity index is 1070. The molecule has 0 bridgehead atoms. The van der Waals surface area contributed by atoms with Crippen LogP contribution in [0.15, 0.2) is 51.9 Å². The smallest absolute Gasteiger partial charge is 0.298 e. The summed E-state index contributed by atoms with van der Waals surface area (Å²) < 4.78 is 82.3. The molecule has 0 radical (unpaired) electrons. The van der Waals surface area contributed by atoms with Gasteiger partial charge in [0.25, 0.3) is 6.43 Å². The van der Waals surface area contributed by atoms with Crippen LogP contribution in [0.1, 0.15) is 12.2 Å². The molecular weight excluding hydrogens is 376 g/mol.